The van der Waals surface area contributed by atoms with Crippen molar-refractivity contribution in [2.45, 2.75) is 58.4 Å². The summed E-state index contributed by atoms with van der Waals surface area (Å²) in [4.78, 5) is 0. The fourth-order valence-corrected chi connectivity index (χ4v) is 2.54. The third kappa shape index (κ3) is 3.28. The molecule has 0 amide bonds. The van der Waals surface area contributed by atoms with Crippen LogP contribution in [0.3, 0.4) is 0 Å². The molecule has 0 radical (unpaired) electrons. The van der Waals surface area contributed by atoms with Crippen LogP contribution in [0.1, 0.15) is 52.4 Å². The van der Waals surface area contributed by atoms with Crippen molar-refractivity contribution >= 4 is 0 Å². The monoisotopic (exact) mass is 184 g/mol. The van der Waals surface area contributed by atoms with E-state index in [9.17, 15) is 0 Å². The first kappa shape index (κ1) is 11.0. The van der Waals surface area contributed by atoms with Gasteiger partial charge in [-0.2, -0.15) is 0 Å². The van der Waals surface area contributed by atoms with Gasteiger partial charge in [-0.1, -0.05) is 39.5 Å². The highest BCUT2D eigenvalue weighted by molar-refractivity contribution is 4.78. The maximum absolute atomic E-state index is 5.61. The Kier molecular flexibility index (Phi) is 4.74. The molecule has 0 aliphatic heterocycles. The van der Waals surface area contributed by atoms with Crippen molar-refractivity contribution in [1.82, 2.24) is 5.43 Å². The standard InChI is InChI=1S/C11H24N2/c1-9(2)11(13-12)10-7-5-3-4-6-8-10/h9-11,13H,3-8,12H2,1-2H3. The van der Waals surface area contributed by atoms with Crippen molar-refractivity contribution in [2.75, 3.05) is 0 Å². The largest absolute Gasteiger partial charge is 0.271 e. The summed E-state index contributed by atoms with van der Waals surface area (Å²) in [6.07, 6.45) is 8.38. The van der Waals surface area contributed by atoms with Crippen LogP contribution in [0.2, 0.25) is 0 Å². The number of rotatable bonds is 3. The Balaban J connectivity index is 2.45. The molecule has 0 aromatic heterocycles. The fraction of sp³-hybridized carbons (Fsp3) is 1.00. The van der Waals surface area contributed by atoms with Crippen LogP contribution in [-0.4, -0.2) is 6.04 Å². The van der Waals surface area contributed by atoms with Gasteiger partial charge in [-0.15, -0.1) is 0 Å². The number of nitrogens with one attached hydrogen (secondary N) is 1. The van der Waals surface area contributed by atoms with Gasteiger partial charge in [0.15, 0.2) is 0 Å². The van der Waals surface area contributed by atoms with Crippen LogP contribution < -0.4 is 11.3 Å². The molecule has 1 saturated carbocycles. The van der Waals surface area contributed by atoms with Crippen molar-refractivity contribution in [3.05, 3.63) is 0 Å². The Morgan fingerprint density at radius 1 is 1.08 bits per heavy atom. The average Bonchev–Trinajstić information content (AvgIpc) is 2.33. The Morgan fingerprint density at radius 3 is 2.00 bits per heavy atom. The van der Waals surface area contributed by atoms with E-state index < -0.39 is 0 Å². The molecule has 3 N–H and O–H groups in total. The first-order valence-corrected chi connectivity index (χ1v) is 5.72. The van der Waals surface area contributed by atoms with Crippen molar-refractivity contribution < 1.29 is 0 Å². The third-order valence-corrected chi connectivity index (χ3v) is 3.32. The van der Waals surface area contributed by atoms with Gasteiger partial charge >= 0.3 is 0 Å². The summed E-state index contributed by atoms with van der Waals surface area (Å²) < 4.78 is 0. The Labute approximate surface area is 82.2 Å². The maximum atomic E-state index is 5.61. The molecule has 0 saturated heterocycles. The van der Waals surface area contributed by atoms with Gasteiger partial charge in [0, 0.05) is 6.04 Å². The van der Waals surface area contributed by atoms with E-state index in [0.717, 1.165) is 5.92 Å². The second kappa shape index (κ2) is 5.61. The second-order valence-corrected chi connectivity index (χ2v) is 4.69. The highest BCUT2D eigenvalue weighted by Crippen LogP contribution is 2.28. The van der Waals surface area contributed by atoms with Gasteiger partial charge in [0.25, 0.3) is 0 Å². The third-order valence-electron chi connectivity index (χ3n) is 3.32. The van der Waals surface area contributed by atoms with Gasteiger partial charge in [0.1, 0.15) is 0 Å². The quantitative estimate of drug-likeness (QED) is 0.402. The normalized spacial score (nSPS) is 23.1. The van der Waals surface area contributed by atoms with E-state index >= 15 is 0 Å². The summed E-state index contributed by atoms with van der Waals surface area (Å²) in [7, 11) is 0. The molecule has 0 aromatic rings. The van der Waals surface area contributed by atoms with Crippen molar-refractivity contribution in [3.63, 3.8) is 0 Å². The molecule has 1 rings (SSSR count). The summed E-state index contributed by atoms with van der Waals surface area (Å²) in [5, 5.41) is 0. The van der Waals surface area contributed by atoms with E-state index in [1.807, 2.05) is 0 Å². The van der Waals surface area contributed by atoms with Crippen LogP contribution >= 0.6 is 0 Å². The summed E-state index contributed by atoms with van der Waals surface area (Å²) in [5.74, 6) is 7.08. The smallest absolute Gasteiger partial charge is 0.0261 e. The molecule has 1 atom stereocenters. The minimum Gasteiger partial charge on any atom is -0.271 e. The van der Waals surface area contributed by atoms with Gasteiger partial charge in [-0.05, 0) is 24.7 Å². The molecule has 13 heavy (non-hydrogen) atoms. The second-order valence-electron chi connectivity index (χ2n) is 4.69. The highest BCUT2D eigenvalue weighted by atomic mass is 15.2. The van der Waals surface area contributed by atoms with Crippen LogP contribution in [0.25, 0.3) is 0 Å². The summed E-state index contributed by atoms with van der Waals surface area (Å²) in [6.45, 7) is 4.52. The van der Waals surface area contributed by atoms with Crippen LogP contribution in [0.15, 0.2) is 0 Å². The van der Waals surface area contributed by atoms with Crippen molar-refractivity contribution in [3.8, 4) is 0 Å². The number of hydrogen-bond donors (Lipinski definition) is 2. The molecule has 1 aliphatic carbocycles. The Bertz CT molecular complexity index is 126. The lowest BCUT2D eigenvalue weighted by molar-refractivity contribution is 0.261. The summed E-state index contributed by atoms with van der Waals surface area (Å²) >= 11 is 0. The van der Waals surface area contributed by atoms with E-state index in [0.29, 0.717) is 12.0 Å². The van der Waals surface area contributed by atoms with Gasteiger partial charge in [-0.25, -0.2) is 0 Å². The van der Waals surface area contributed by atoms with Crippen LogP contribution in [-0.2, 0) is 0 Å². The molecule has 1 aliphatic rings. The lowest BCUT2D eigenvalue weighted by atomic mass is 9.85. The minimum absolute atomic E-state index is 0.526. The zero-order chi connectivity index (χ0) is 9.68. The molecule has 0 aromatic carbocycles. The van der Waals surface area contributed by atoms with Crippen LogP contribution in [0.5, 0.6) is 0 Å². The molecule has 1 unspecified atom stereocenters. The molecular weight excluding hydrogens is 160 g/mol. The van der Waals surface area contributed by atoms with Crippen LogP contribution in [0.4, 0.5) is 0 Å². The van der Waals surface area contributed by atoms with E-state index in [-0.39, 0.29) is 0 Å². The first-order chi connectivity index (χ1) is 6.25. The highest BCUT2D eigenvalue weighted by Gasteiger charge is 2.23. The van der Waals surface area contributed by atoms with E-state index in [2.05, 4.69) is 19.3 Å². The van der Waals surface area contributed by atoms with E-state index in [4.69, 9.17) is 5.84 Å². The van der Waals surface area contributed by atoms with Crippen molar-refractivity contribution in [1.29, 1.82) is 0 Å². The van der Waals surface area contributed by atoms with E-state index in [1.165, 1.54) is 38.5 Å². The Hall–Kier alpha value is -0.0800. The molecule has 0 bridgehead atoms. The minimum atomic E-state index is 0.526. The van der Waals surface area contributed by atoms with E-state index in [1.54, 1.807) is 0 Å². The predicted molar refractivity (Wildman–Crippen MR) is 57.1 cm³/mol. The SMILES string of the molecule is CC(C)C(NN)C1CCCCCC1. The molecule has 2 heteroatoms. The number of hydrogen-bond acceptors (Lipinski definition) is 2. The number of hydrazine groups is 1. The zero-order valence-electron chi connectivity index (χ0n) is 9.05. The molecular formula is C11H24N2. The van der Waals surface area contributed by atoms with Gasteiger partial charge in [0.2, 0.25) is 0 Å². The first-order valence-electron chi connectivity index (χ1n) is 5.72. The van der Waals surface area contributed by atoms with Gasteiger partial charge in [-0.3, -0.25) is 11.3 Å². The predicted octanol–water partition coefficient (Wildman–Crippen LogP) is 2.44. The maximum Gasteiger partial charge on any atom is 0.0261 e. The molecule has 0 spiro atoms. The molecule has 78 valence electrons. The van der Waals surface area contributed by atoms with Crippen LogP contribution in [0, 0.1) is 11.8 Å². The molecule has 2 nitrogen and oxygen atoms in total. The van der Waals surface area contributed by atoms with Crippen molar-refractivity contribution in [2.24, 2.45) is 17.7 Å². The number of nitrogens with two attached hydrogens (primary N) is 1. The Morgan fingerprint density at radius 2 is 1.62 bits per heavy atom. The molecule has 1 fully saturated rings. The lowest BCUT2D eigenvalue weighted by Crippen LogP contribution is -2.44. The summed E-state index contributed by atoms with van der Waals surface area (Å²) in [6, 6.07) is 0.526. The zero-order valence-corrected chi connectivity index (χ0v) is 9.05. The van der Waals surface area contributed by atoms with Gasteiger partial charge < -0.3 is 0 Å². The fourth-order valence-electron chi connectivity index (χ4n) is 2.54. The van der Waals surface area contributed by atoms with Gasteiger partial charge in [0.05, 0.1) is 0 Å². The lowest BCUT2D eigenvalue weighted by Gasteiger charge is -2.28. The topological polar surface area (TPSA) is 38.0 Å². The summed E-state index contributed by atoms with van der Waals surface area (Å²) in [5.41, 5.74) is 3.00. The molecule has 0 heterocycles. The average molecular weight is 184 g/mol.